The van der Waals surface area contributed by atoms with Crippen LogP contribution in [0.2, 0.25) is 0 Å². The van der Waals surface area contributed by atoms with Gasteiger partial charge in [0.15, 0.2) is 0 Å². The Labute approximate surface area is 53.9 Å². The molecule has 0 aromatic rings. The molecule has 0 radical (unpaired) electrons. The minimum absolute atomic E-state index is 0.502. The van der Waals surface area contributed by atoms with Gasteiger partial charge in [-0.2, -0.15) is 0 Å². The molecule has 0 rings (SSSR count). The van der Waals surface area contributed by atoms with E-state index in [9.17, 15) is 0 Å². The maximum atomic E-state index is 5.40. The normalized spacial score (nSPS) is 14.0. The Bertz CT molecular complexity index is 40.5. The summed E-state index contributed by atoms with van der Waals surface area (Å²) >= 11 is 16.2. The first-order valence-electron chi connectivity index (χ1n) is 1.32. The summed E-state index contributed by atoms with van der Waals surface area (Å²) < 4.78 is 0. The molecule has 38 valence electrons. The van der Waals surface area contributed by atoms with Crippen molar-refractivity contribution in [2.24, 2.45) is 0 Å². The standard InChI is InChI=1S/CH4Cl3PSi/c1-5-6(2,3)4/h5H,1H3. The van der Waals surface area contributed by atoms with Crippen LogP contribution in [0.15, 0.2) is 0 Å². The van der Waals surface area contributed by atoms with Crippen LogP contribution in [0, 0.1) is 0 Å². The van der Waals surface area contributed by atoms with E-state index >= 15 is 0 Å². The molecule has 0 aromatic heterocycles. The molecule has 0 fully saturated rings. The molecule has 1 unspecified atom stereocenters. The summed E-state index contributed by atoms with van der Waals surface area (Å²) in [5.74, 6) is 0. The fourth-order valence-electron chi connectivity index (χ4n) is 0. The zero-order valence-electron chi connectivity index (χ0n) is 3.13. The summed E-state index contributed by atoms with van der Waals surface area (Å²) in [7, 11) is 0.502. The van der Waals surface area contributed by atoms with E-state index in [2.05, 4.69) is 0 Å². The van der Waals surface area contributed by atoms with Gasteiger partial charge in [-0.3, -0.25) is 0 Å². The van der Waals surface area contributed by atoms with E-state index in [1.165, 1.54) is 0 Å². The summed E-state index contributed by atoms with van der Waals surface area (Å²) in [6.45, 7) is 1.90. The van der Waals surface area contributed by atoms with Crippen molar-refractivity contribution < 1.29 is 0 Å². The molecule has 0 bridgehead atoms. The van der Waals surface area contributed by atoms with Crippen molar-refractivity contribution in [3.63, 3.8) is 0 Å². The predicted molar refractivity (Wildman–Crippen MR) is 37.6 cm³/mol. The molecule has 0 heterocycles. The lowest BCUT2D eigenvalue weighted by atomic mass is 12.0. The van der Waals surface area contributed by atoms with Gasteiger partial charge in [-0.05, 0) is 6.66 Å². The topological polar surface area (TPSA) is 0 Å². The average molecular weight is 181 g/mol. The van der Waals surface area contributed by atoms with Gasteiger partial charge in [0.2, 0.25) is 0 Å². The lowest BCUT2D eigenvalue weighted by Crippen LogP contribution is -1.96. The third kappa shape index (κ3) is 5.52. The summed E-state index contributed by atoms with van der Waals surface area (Å²) in [4.78, 5) is 0. The fourth-order valence-corrected chi connectivity index (χ4v) is 0. The van der Waals surface area contributed by atoms with Crippen LogP contribution in [0.4, 0.5) is 0 Å². The highest BCUT2D eigenvalue weighted by Crippen LogP contribution is 2.35. The second-order valence-electron chi connectivity index (χ2n) is 0.748. The van der Waals surface area contributed by atoms with Gasteiger partial charge < -0.3 is 0 Å². The van der Waals surface area contributed by atoms with Crippen molar-refractivity contribution in [3.8, 4) is 0 Å². The Morgan fingerprint density at radius 1 is 1.33 bits per heavy atom. The molecule has 0 saturated heterocycles. The van der Waals surface area contributed by atoms with Crippen LogP contribution in [0.3, 0.4) is 0 Å². The average Bonchev–Trinajstić information content (AvgIpc) is 1.35. The molecular weight excluding hydrogens is 177 g/mol. The van der Waals surface area contributed by atoms with E-state index in [0.29, 0.717) is 8.13 Å². The molecule has 0 N–H and O–H groups in total. The van der Waals surface area contributed by atoms with Crippen LogP contribution in [-0.2, 0) is 0 Å². The lowest BCUT2D eigenvalue weighted by molar-refractivity contribution is 2.50. The first-order valence-corrected chi connectivity index (χ1v) is 8.85. The molecule has 5 heteroatoms. The summed E-state index contributed by atoms with van der Waals surface area (Å²) in [5.41, 5.74) is -2.19. The molecule has 0 aliphatic rings. The summed E-state index contributed by atoms with van der Waals surface area (Å²) in [5, 5.41) is 0. The largest absolute Gasteiger partial charge is 0.362 e. The molecule has 6 heavy (non-hydrogen) atoms. The zero-order chi connectivity index (χ0) is 5.21. The molecule has 0 saturated carbocycles. The van der Waals surface area contributed by atoms with Gasteiger partial charge in [0, 0.05) is 0 Å². The van der Waals surface area contributed by atoms with Crippen molar-refractivity contribution in [3.05, 3.63) is 0 Å². The van der Waals surface area contributed by atoms with Gasteiger partial charge in [-0.25, -0.2) is 0 Å². The van der Waals surface area contributed by atoms with E-state index in [4.69, 9.17) is 33.2 Å². The van der Waals surface area contributed by atoms with Gasteiger partial charge in [-0.1, -0.05) is 8.13 Å². The van der Waals surface area contributed by atoms with Crippen molar-refractivity contribution in [2.75, 3.05) is 6.66 Å². The Balaban J connectivity index is 3.17. The smallest absolute Gasteiger partial charge is 0.121 e. The highest BCUT2D eigenvalue weighted by Gasteiger charge is 2.20. The third-order valence-electron chi connectivity index (χ3n) is 0.283. The predicted octanol–water partition coefficient (Wildman–Crippen LogP) is 2.45. The molecule has 0 amide bonds. The molecule has 0 spiro atoms. The minimum atomic E-state index is -2.19. The van der Waals surface area contributed by atoms with Crippen LogP contribution in [0.5, 0.6) is 0 Å². The van der Waals surface area contributed by atoms with Crippen molar-refractivity contribution in [1.29, 1.82) is 0 Å². The van der Waals surface area contributed by atoms with Gasteiger partial charge in [0.05, 0.1) is 0 Å². The van der Waals surface area contributed by atoms with Crippen LogP contribution >= 0.6 is 41.4 Å². The van der Waals surface area contributed by atoms with Crippen LogP contribution in [0.25, 0.3) is 0 Å². The second kappa shape index (κ2) is 2.73. The Hall–Kier alpha value is 1.52. The minimum Gasteiger partial charge on any atom is -0.121 e. The maximum Gasteiger partial charge on any atom is 0.362 e. The summed E-state index contributed by atoms with van der Waals surface area (Å²) in [6.07, 6.45) is 0. The zero-order valence-corrected chi connectivity index (χ0v) is 7.40. The SMILES string of the molecule is CP[Si](Cl)(Cl)Cl. The third-order valence-corrected chi connectivity index (χ3v) is 7.65. The lowest BCUT2D eigenvalue weighted by Gasteiger charge is -1.98. The first kappa shape index (κ1) is 7.52. The molecule has 1 atom stereocenters. The summed E-state index contributed by atoms with van der Waals surface area (Å²) in [6, 6.07) is 0. The van der Waals surface area contributed by atoms with Gasteiger partial charge >= 0.3 is 5.67 Å². The highest BCUT2D eigenvalue weighted by molar-refractivity contribution is 8.10. The molecule has 0 aliphatic carbocycles. The van der Waals surface area contributed by atoms with Crippen LogP contribution in [0.1, 0.15) is 0 Å². The second-order valence-corrected chi connectivity index (χ2v) is 15.7. The van der Waals surface area contributed by atoms with Gasteiger partial charge in [0.1, 0.15) is 0 Å². The van der Waals surface area contributed by atoms with E-state index in [0.717, 1.165) is 0 Å². The van der Waals surface area contributed by atoms with E-state index in [1.807, 2.05) is 6.66 Å². The molecule has 0 aromatic carbocycles. The highest BCUT2D eigenvalue weighted by atomic mass is 35.9. The molecule has 0 nitrogen and oxygen atoms in total. The van der Waals surface area contributed by atoms with E-state index in [1.54, 1.807) is 0 Å². The van der Waals surface area contributed by atoms with Gasteiger partial charge in [0.25, 0.3) is 0 Å². The van der Waals surface area contributed by atoms with E-state index in [-0.39, 0.29) is 0 Å². The van der Waals surface area contributed by atoms with Crippen molar-refractivity contribution in [2.45, 2.75) is 0 Å². The number of hydrogen-bond acceptors (Lipinski definition) is 0. The Morgan fingerprint density at radius 3 is 1.50 bits per heavy atom. The van der Waals surface area contributed by atoms with Crippen LogP contribution < -0.4 is 0 Å². The number of halogens is 3. The number of hydrogen-bond donors (Lipinski definition) is 0. The van der Waals surface area contributed by atoms with Crippen molar-refractivity contribution in [1.82, 2.24) is 0 Å². The number of rotatable bonds is 1. The fraction of sp³-hybridized carbons (Fsp3) is 1.00. The molecule has 0 aliphatic heterocycles. The molecular formula is CH4Cl3PSi. The van der Waals surface area contributed by atoms with Crippen LogP contribution in [-0.4, -0.2) is 12.3 Å². The maximum absolute atomic E-state index is 5.40. The van der Waals surface area contributed by atoms with Gasteiger partial charge in [-0.15, -0.1) is 33.2 Å². The van der Waals surface area contributed by atoms with E-state index < -0.39 is 5.67 Å². The quantitative estimate of drug-likeness (QED) is 0.331. The first-order chi connectivity index (χ1) is 2.56. The van der Waals surface area contributed by atoms with Crippen molar-refractivity contribution >= 4 is 47.0 Å². The Kier molecular flexibility index (Phi) is 3.43. The monoisotopic (exact) mass is 180 g/mol. The Morgan fingerprint density at radius 2 is 1.50 bits per heavy atom.